The van der Waals surface area contributed by atoms with Gasteiger partial charge in [0.25, 0.3) is 0 Å². The van der Waals surface area contributed by atoms with E-state index in [1.165, 1.54) is 13.0 Å². The van der Waals surface area contributed by atoms with Crippen LogP contribution in [0.4, 0.5) is 4.39 Å². The number of aromatic nitrogens is 2. The molecule has 1 atom stereocenters. The lowest BCUT2D eigenvalue weighted by molar-refractivity contribution is -0.141. The third-order valence-corrected chi connectivity index (χ3v) is 4.37. The summed E-state index contributed by atoms with van der Waals surface area (Å²) in [5.41, 5.74) is 4.02. The zero-order valence-corrected chi connectivity index (χ0v) is 15.3. The molecule has 140 valence electrons. The lowest BCUT2D eigenvalue weighted by Crippen LogP contribution is -2.39. The Morgan fingerprint density at radius 3 is 2.67 bits per heavy atom. The first-order chi connectivity index (χ1) is 12.8. The van der Waals surface area contributed by atoms with Crippen molar-refractivity contribution in [2.75, 3.05) is 0 Å². The minimum Gasteiger partial charge on any atom is -0.480 e. The number of halogens is 1. The summed E-state index contributed by atoms with van der Waals surface area (Å²) in [7, 11) is 0. The second-order valence-corrected chi connectivity index (χ2v) is 6.61. The van der Waals surface area contributed by atoms with Gasteiger partial charge in [0.1, 0.15) is 17.5 Å². The summed E-state index contributed by atoms with van der Waals surface area (Å²) in [6.07, 6.45) is 1.82. The first kappa shape index (κ1) is 18.6. The van der Waals surface area contributed by atoms with E-state index in [0.29, 0.717) is 28.2 Å². The Kier molecular flexibility index (Phi) is 4.94. The highest BCUT2D eigenvalue weighted by Gasteiger charge is 2.20. The third-order valence-electron chi connectivity index (χ3n) is 4.37. The van der Waals surface area contributed by atoms with Crippen molar-refractivity contribution in [3.8, 4) is 11.3 Å². The first-order valence-corrected chi connectivity index (χ1v) is 8.52. The van der Waals surface area contributed by atoms with E-state index in [9.17, 15) is 14.0 Å². The number of aliphatic carboxylic acids is 1. The monoisotopic (exact) mass is 369 g/mol. The van der Waals surface area contributed by atoms with Crippen LogP contribution in [0.3, 0.4) is 0 Å². The maximum absolute atomic E-state index is 13.7. The zero-order valence-electron chi connectivity index (χ0n) is 15.3. The van der Waals surface area contributed by atoms with Gasteiger partial charge < -0.3 is 14.8 Å². The highest BCUT2D eigenvalue weighted by atomic mass is 19.1. The second-order valence-electron chi connectivity index (χ2n) is 6.61. The number of carboxylic acids is 1. The zero-order chi connectivity index (χ0) is 19.7. The molecule has 6 nitrogen and oxygen atoms in total. The van der Waals surface area contributed by atoms with E-state index in [0.717, 1.165) is 5.56 Å². The Balaban J connectivity index is 2.08. The van der Waals surface area contributed by atoms with Gasteiger partial charge in [-0.1, -0.05) is 6.07 Å². The molecular formula is C20H20FN3O3. The van der Waals surface area contributed by atoms with Crippen molar-refractivity contribution in [3.05, 3.63) is 59.2 Å². The Bertz CT molecular complexity index is 1040. The fourth-order valence-corrected chi connectivity index (χ4v) is 2.90. The number of pyridine rings is 1. The van der Waals surface area contributed by atoms with E-state index in [-0.39, 0.29) is 12.2 Å². The maximum Gasteiger partial charge on any atom is 0.325 e. The third kappa shape index (κ3) is 3.81. The Morgan fingerprint density at radius 1 is 1.26 bits per heavy atom. The van der Waals surface area contributed by atoms with Crippen LogP contribution in [0.1, 0.15) is 23.7 Å². The predicted octanol–water partition coefficient (Wildman–Crippen LogP) is 2.89. The van der Waals surface area contributed by atoms with Crippen LogP contribution in [-0.2, 0) is 16.0 Å². The van der Waals surface area contributed by atoms with Crippen LogP contribution >= 0.6 is 0 Å². The van der Waals surface area contributed by atoms with Gasteiger partial charge in [0.05, 0.1) is 17.8 Å². The van der Waals surface area contributed by atoms with E-state index >= 15 is 0 Å². The normalized spacial score (nSPS) is 12.1. The van der Waals surface area contributed by atoms with Crippen molar-refractivity contribution >= 4 is 17.5 Å². The maximum atomic E-state index is 13.7. The Hall–Kier alpha value is -3.22. The van der Waals surface area contributed by atoms with Crippen molar-refractivity contribution in [1.82, 2.24) is 14.7 Å². The van der Waals surface area contributed by atoms with E-state index in [1.807, 2.05) is 29.7 Å². The van der Waals surface area contributed by atoms with Gasteiger partial charge in [-0.3, -0.25) is 9.59 Å². The first-order valence-electron chi connectivity index (χ1n) is 8.52. The molecule has 1 amide bonds. The number of carbonyl (C=O) groups is 2. The standard InChI is InChI=1S/C20H20FN3O3/c1-11-4-7-17-23-19(14-5-6-15(21)12(2)8-14)16(24(17)10-11)9-18(25)22-13(3)20(26)27/h4-8,10,13H,9H2,1-3H3,(H,22,25)(H,26,27). The molecule has 3 aromatic rings. The van der Waals surface area contributed by atoms with Gasteiger partial charge >= 0.3 is 5.97 Å². The number of nitrogens with zero attached hydrogens (tertiary/aromatic N) is 2. The molecule has 0 bridgehead atoms. The molecule has 2 aromatic heterocycles. The Morgan fingerprint density at radius 2 is 2.00 bits per heavy atom. The summed E-state index contributed by atoms with van der Waals surface area (Å²) in [6.45, 7) is 5.00. The summed E-state index contributed by atoms with van der Waals surface area (Å²) >= 11 is 0. The fraction of sp³-hybridized carbons (Fsp3) is 0.250. The van der Waals surface area contributed by atoms with Crippen LogP contribution in [0.15, 0.2) is 36.5 Å². The summed E-state index contributed by atoms with van der Waals surface area (Å²) in [4.78, 5) is 28.0. The number of carbonyl (C=O) groups excluding carboxylic acids is 1. The van der Waals surface area contributed by atoms with Gasteiger partial charge in [0, 0.05) is 11.8 Å². The minimum absolute atomic E-state index is 0.0476. The number of imidazole rings is 1. The van der Waals surface area contributed by atoms with Crippen molar-refractivity contribution in [1.29, 1.82) is 0 Å². The molecule has 7 heteroatoms. The number of fused-ring (bicyclic) bond motifs is 1. The molecule has 0 aliphatic rings. The largest absolute Gasteiger partial charge is 0.480 e. The number of hydrogen-bond donors (Lipinski definition) is 2. The fourth-order valence-electron chi connectivity index (χ4n) is 2.90. The van der Waals surface area contributed by atoms with Crippen LogP contribution in [0, 0.1) is 19.7 Å². The molecule has 27 heavy (non-hydrogen) atoms. The van der Waals surface area contributed by atoms with Crippen LogP contribution in [-0.4, -0.2) is 32.4 Å². The molecule has 0 fully saturated rings. The molecule has 3 rings (SSSR count). The van der Waals surface area contributed by atoms with E-state index in [2.05, 4.69) is 10.3 Å². The molecule has 0 saturated heterocycles. The van der Waals surface area contributed by atoms with E-state index in [4.69, 9.17) is 5.11 Å². The van der Waals surface area contributed by atoms with Crippen LogP contribution in [0.5, 0.6) is 0 Å². The van der Waals surface area contributed by atoms with Gasteiger partial charge in [-0.15, -0.1) is 0 Å². The van der Waals surface area contributed by atoms with Crippen LogP contribution < -0.4 is 5.32 Å². The van der Waals surface area contributed by atoms with Crippen molar-refractivity contribution in [2.45, 2.75) is 33.2 Å². The molecular weight excluding hydrogens is 349 g/mol. The number of benzene rings is 1. The molecule has 0 spiro atoms. The lowest BCUT2D eigenvalue weighted by atomic mass is 10.1. The van der Waals surface area contributed by atoms with Gasteiger partial charge in [-0.25, -0.2) is 9.37 Å². The molecule has 2 N–H and O–H groups in total. The lowest BCUT2D eigenvalue weighted by Gasteiger charge is -2.11. The molecule has 0 aliphatic carbocycles. The number of nitrogens with one attached hydrogen (secondary N) is 1. The quantitative estimate of drug-likeness (QED) is 0.724. The number of hydrogen-bond acceptors (Lipinski definition) is 3. The summed E-state index contributed by atoms with van der Waals surface area (Å²) in [5, 5.41) is 11.4. The number of rotatable bonds is 5. The smallest absolute Gasteiger partial charge is 0.325 e. The van der Waals surface area contributed by atoms with Crippen molar-refractivity contribution < 1.29 is 19.1 Å². The SMILES string of the molecule is Cc1ccc2nc(-c3ccc(F)c(C)c3)c(CC(=O)NC(C)C(=O)O)n2c1. The summed E-state index contributed by atoms with van der Waals surface area (Å²) < 4.78 is 15.5. The minimum atomic E-state index is -1.10. The average Bonchev–Trinajstić information content (AvgIpc) is 2.95. The summed E-state index contributed by atoms with van der Waals surface area (Å²) in [6, 6.07) is 7.45. The van der Waals surface area contributed by atoms with Gasteiger partial charge in [-0.2, -0.15) is 0 Å². The number of aryl methyl sites for hydroxylation is 2. The summed E-state index contributed by atoms with van der Waals surface area (Å²) in [5.74, 6) is -1.84. The molecule has 2 heterocycles. The molecule has 1 aromatic carbocycles. The predicted molar refractivity (Wildman–Crippen MR) is 99.0 cm³/mol. The van der Waals surface area contributed by atoms with Gasteiger partial charge in [0.15, 0.2) is 0 Å². The molecule has 0 radical (unpaired) electrons. The van der Waals surface area contributed by atoms with Crippen molar-refractivity contribution in [2.24, 2.45) is 0 Å². The van der Waals surface area contributed by atoms with E-state index in [1.54, 1.807) is 19.1 Å². The number of carboxylic acid groups (broad SMARTS) is 1. The van der Waals surface area contributed by atoms with Gasteiger partial charge in [0.2, 0.25) is 5.91 Å². The topological polar surface area (TPSA) is 83.7 Å². The highest BCUT2D eigenvalue weighted by molar-refractivity contribution is 5.86. The van der Waals surface area contributed by atoms with Crippen LogP contribution in [0.25, 0.3) is 16.9 Å². The Labute approximate surface area is 155 Å². The van der Waals surface area contributed by atoms with Crippen LogP contribution in [0.2, 0.25) is 0 Å². The molecule has 1 unspecified atom stereocenters. The average molecular weight is 369 g/mol. The molecule has 0 aliphatic heterocycles. The molecule has 0 saturated carbocycles. The number of amides is 1. The highest BCUT2D eigenvalue weighted by Crippen LogP contribution is 2.27. The van der Waals surface area contributed by atoms with Crippen molar-refractivity contribution in [3.63, 3.8) is 0 Å². The van der Waals surface area contributed by atoms with E-state index < -0.39 is 17.9 Å². The van der Waals surface area contributed by atoms with Gasteiger partial charge in [-0.05, 0) is 56.2 Å². The second kappa shape index (κ2) is 7.19.